The van der Waals surface area contributed by atoms with E-state index < -0.39 is 24.3 Å². The molecule has 1 heterocycles. The van der Waals surface area contributed by atoms with Gasteiger partial charge in [0.05, 0.1) is 6.61 Å². The van der Waals surface area contributed by atoms with Crippen LogP contribution in [-0.4, -0.2) is 29.9 Å². The highest BCUT2D eigenvalue weighted by Gasteiger charge is 2.29. The van der Waals surface area contributed by atoms with E-state index in [2.05, 4.69) is 14.7 Å². The van der Waals surface area contributed by atoms with Crippen LogP contribution in [0.15, 0.2) is 60.9 Å². The Kier molecular flexibility index (Phi) is 7.25. The molecule has 0 amide bonds. The van der Waals surface area contributed by atoms with Crippen molar-refractivity contribution < 1.29 is 31.4 Å². The Hall–Kier alpha value is -3.59. The zero-order chi connectivity index (χ0) is 25.0. The van der Waals surface area contributed by atoms with Gasteiger partial charge < -0.3 is 9.47 Å². The lowest BCUT2D eigenvalue weighted by Crippen LogP contribution is -2.19. The zero-order valence-corrected chi connectivity index (χ0v) is 18.7. The van der Waals surface area contributed by atoms with Crippen molar-refractivity contribution in [1.29, 1.82) is 0 Å². The molecule has 1 aromatic heterocycles. The summed E-state index contributed by atoms with van der Waals surface area (Å²) in [5, 5.41) is 1.12. The predicted molar refractivity (Wildman–Crippen MR) is 121 cm³/mol. The summed E-state index contributed by atoms with van der Waals surface area (Å²) < 4.78 is 75.6. The minimum Gasteiger partial charge on any atom is -0.481 e. The number of methoxy groups -OCH3 is 1. The summed E-state index contributed by atoms with van der Waals surface area (Å²) in [4.78, 5) is 8.67. The van der Waals surface area contributed by atoms with Crippen LogP contribution in [0.4, 0.5) is 22.0 Å². The Labute approximate surface area is 198 Å². The Morgan fingerprint density at radius 3 is 2.31 bits per heavy atom. The van der Waals surface area contributed by atoms with E-state index in [9.17, 15) is 17.6 Å². The fourth-order valence-corrected chi connectivity index (χ4v) is 3.67. The van der Waals surface area contributed by atoms with E-state index in [1.165, 1.54) is 6.07 Å². The molecule has 3 aromatic carbocycles. The highest BCUT2D eigenvalue weighted by molar-refractivity contribution is 5.87. The third kappa shape index (κ3) is 6.10. The number of hydrogen-bond donors (Lipinski definition) is 0. The smallest absolute Gasteiger partial charge is 0.422 e. The van der Waals surface area contributed by atoms with Gasteiger partial charge in [-0.2, -0.15) is 13.2 Å². The van der Waals surface area contributed by atoms with E-state index in [-0.39, 0.29) is 12.2 Å². The zero-order valence-electron chi connectivity index (χ0n) is 18.7. The fraction of sp³-hybridized carbons (Fsp3) is 0.231. The van der Waals surface area contributed by atoms with Gasteiger partial charge in [-0.05, 0) is 47.6 Å². The normalized spacial score (nSPS) is 11.7. The first-order valence-electron chi connectivity index (χ1n) is 10.7. The van der Waals surface area contributed by atoms with Crippen molar-refractivity contribution in [1.82, 2.24) is 9.97 Å². The molecule has 0 aliphatic rings. The number of ether oxygens (including phenoxy) is 2. The van der Waals surface area contributed by atoms with Gasteiger partial charge in [0.15, 0.2) is 24.0 Å². The second-order valence-electron chi connectivity index (χ2n) is 7.99. The lowest BCUT2D eigenvalue weighted by Gasteiger charge is -2.11. The second-order valence-corrected chi connectivity index (χ2v) is 7.99. The molecular weight excluding hydrogens is 467 g/mol. The SMILES string of the molecule is COCc1cnc(-c2ccc3c(F)c(CCc4ccc(OCC(F)(F)F)c(F)c4)ccc3c2)nc1. The summed E-state index contributed by atoms with van der Waals surface area (Å²) in [6.45, 7) is -1.16. The molecule has 0 saturated carbocycles. The minimum atomic E-state index is -4.55. The molecule has 0 spiro atoms. The third-order valence-electron chi connectivity index (χ3n) is 5.38. The van der Waals surface area contributed by atoms with Crippen LogP contribution in [0, 0.1) is 11.6 Å². The van der Waals surface area contributed by atoms with Gasteiger partial charge in [0.1, 0.15) is 5.82 Å². The number of aromatic nitrogens is 2. The van der Waals surface area contributed by atoms with E-state index in [4.69, 9.17) is 4.74 Å². The predicted octanol–water partition coefficient (Wildman–Crippen LogP) is 6.45. The number of benzene rings is 3. The molecule has 9 heteroatoms. The molecule has 182 valence electrons. The number of hydrogen-bond acceptors (Lipinski definition) is 4. The topological polar surface area (TPSA) is 44.2 Å². The highest BCUT2D eigenvalue weighted by atomic mass is 19.4. The van der Waals surface area contributed by atoms with Gasteiger partial charge in [-0.3, -0.25) is 0 Å². The molecule has 4 rings (SSSR count). The van der Waals surface area contributed by atoms with Gasteiger partial charge in [0.25, 0.3) is 0 Å². The summed E-state index contributed by atoms with van der Waals surface area (Å²) in [6.07, 6.45) is -0.606. The van der Waals surface area contributed by atoms with Crippen LogP contribution in [0.3, 0.4) is 0 Å². The molecular formula is C26H21F5N2O2. The van der Waals surface area contributed by atoms with E-state index in [0.29, 0.717) is 40.8 Å². The van der Waals surface area contributed by atoms with Crippen molar-refractivity contribution in [3.8, 4) is 17.1 Å². The number of alkyl halides is 3. The number of nitrogens with zero attached hydrogens (tertiary/aromatic N) is 2. The summed E-state index contributed by atoms with van der Waals surface area (Å²) in [6, 6.07) is 12.4. The van der Waals surface area contributed by atoms with Crippen LogP contribution in [0.5, 0.6) is 5.75 Å². The molecule has 4 aromatic rings. The van der Waals surface area contributed by atoms with Crippen molar-refractivity contribution in [2.45, 2.75) is 25.6 Å². The lowest BCUT2D eigenvalue weighted by molar-refractivity contribution is -0.153. The molecule has 0 bridgehead atoms. The second kappa shape index (κ2) is 10.4. The standard InChI is InChI=1S/C26H21F5N2O2/c1-34-14-17-12-32-25(33-13-17)20-7-8-21-19(11-20)6-5-18(24(21)28)4-2-16-3-9-23(22(27)10-16)35-15-26(29,30)31/h3,5-13H,2,4,14-15H2,1H3. The quantitative estimate of drug-likeness (QED) is 0.268. The average Bonchev–Trinajstić information content (AvgIpc) is 2.83. The Morgan fingerprint density at radius 1 is 0.857 bits per heavy atom. The highest BCUT2D eigenvalue weighted by Crippen LogP contribution is 2.27. The first-order chi connectivity index (χ1) is 16.7. The van der Waals surface area contributed by atoms with Crippen LogP contribution in [0.25, 0.3) is 22.2 Å². The van der Waals surface area contributed by atoms with Gasteiger partial charge >= 0.3 is 6.18 Å². The number of aryl methyl sites for hydroxylation is 2. The van der Waals surface area contributed by atoms with Crippen LogP contribution < -0.4 is 4.74 Å². The molecule has 0 unspecified atom stereocenters. The number of fused-ring (bicyclic) bond motifs is 1. The van der Waals surface area contributed by atoms with E-state index in [1.807, 2.05) is 6.07 Å². The van der Waals surface area contributed by atoms with E-state index in [0.717, 1.165) is 23.3 Å². The largest absolute Gasteiger partial charge is 0.481 e. The maximum atomic E-state index is 15.2. The molecule has 0 atom stereocenters. The molecule has 0 radical (unpaired) electrons. The van der Waals surface area contributed by atoms with Gasteiger partial charge in [0, 0.05) is 36.0 Å². The molecule has 0 aliphatic heterocycles. The summed E-state index contributed by atoms with van der Waals surface area (Å²) >= 11 is 0. The number of rotatable bonds is 8. The van der Waals surface area contributed by atoms with Crippen LogP contribution in [0.2, 0.25) is 0 Å². The van der Waals surface area contributed by atoms with E-state index >= 15 is 4.39 Å². The van der Waals surface area contributed by atoms with Crippen molar-refractivity contribution >= 4 is 10.8 Å². The molecule has 0 fully saturated rings. The van der Waals surface area contributed by atoms with E-state index in [1.54, 1.807) is 43.8 Å². The summed E-state index contributed by atoms with van der Waals surface area (Å²) in [7, 11) is 1.59. The molecule has 0 aliphatic carbocycles. The Balaban J connectivity index is 1.47. The van der Waals surface area contributed by atoms with Crippen molar-refractivity contribution in [2.75, 3.05) is 13.7 Å². The Bertz CT molecular complexity index is 1320. The van der Waals surface area contributed by atoms with Crippen molar-refractivity contribution in [3.05, 3.63) is 89.2 Å². The first kappa shape index (κ1) is 24.5. The van der Waals surface area contributed by atoms with Crippen molar-refractivity contribution in [3.63, 3.8) is 0 Å². The number of halogens is 5. The maximum Gasteiger partial charge on any atom is 0.422 e. The first-order valence-corrected chi connectivity index (χ1v) is 10.7. The van der Waals surface area contributed by atoms with Crippen molar-refractivity contribution in [2.24, 2.45) is 0 Å². The van der Waals surface area contributed by atoms with Crippen LogP contribution >= 0.6 is 0 Å². The van der Waals surface area contributed by atoms with Gasteiger partial charge in [-0.1, -0.05) is 30.3 Å². The minimum absolute atomic E-state index is 0.287. The lowest BCUT2D eigenvalue weighted by atomic mass is 9.99. The molecule has 35 heavy (non-hydrogen) atoms. The third-order valence-corrected chi connectivity index (χ3v) is 5.38. The van der Waals surface area contributed by atoms with Crippen LogP contribution in [0.1, 0.15) is 16.7 Å². The summed E-state index contributed by atoms with van der Waals surface area (Å²) in [5.74, 6) is -1.23. The average molecular weight is 488 g/mol. The molecule has 4 nitrogen and oxygen atoms in total. The van der Waals surface area contributed by atoms with Gasteiger partial charge in [-0.15, -0.1) is 0 Å². The maximum absolute atomic E-state index is 15.2. The summed E-state index contributed by atoms with van der Waals surface area (Å²) in [5.41, 5.74) is 2.56. The molecule has 0 N–H and O–H groups in total. The van der Waals surface area contributed by atoms with Crippen LogP contribution in [-0.2, 0) is 24.2 Å². The Morgan fingerprint density at radius 2 is 1.63 bits per heavy atom. The van der Waals surface area contributed by atoms with Gasteiger partial charge in [-0.25, -0.2) is 18.7 Å². The monoisotopic (exact) mass is 488 g/mol. The molecule has 0 saturated heterocycles. The fourth-order valence-electron chi connectivity index (χ4n) is 3.67. The van der Waals surface area contributed by atoms with Gasteiger partial charge in [0.2, 0.25) is 0 Å².